The third-order valence-electron chi connectivity index (χ3n) is 4.21. The van der Waals surface area contributed by atoms with Gasteiger partial charge in [0.25, 0.3) is 5.91 Å². The third-order valence-corrected chi connectivity index (χ3v) is 4.21. The van der Waals surface area contributed by atoms with Gasteiger partial charge < -0.3 is 5.32 Å². The molecule has 8 heteroatoms. The van der Waals surface area contributed by atoms with Gasteiger partial charge in [0.05, 0.1) is 16.9 Å². The van der Waals surface area contributed by atoms with Crippen LogP contribution in [-0.4, -0.2) is 15.7 Å². The summed E-state index contributed by atoms with van der Waals surface area (Å²) in [5.74, 6) is -1.74. The third kappa shape index (κ3) is 4.64. The first-order chi connectivity index (χ1) is 13.4. The number of anilines is 1. The van der Waals surface area contributed by atoms with E-state index in [2.05, 4.69) is 10.4 Å². The SMILES string of the molecule is CC(C)(C)c1cc(NC(=O)c2cc(F)cc(C(F)(F)F)c2)n(-c2ccccc2)n1. The zero-order valence-electron chi connectivity index (χ0n) is 16.0. The van der Waals surface area contributed by atoms with Crippen LogP contribution < -0.4 is 5.32 Å². The lowest BCUT2D eigenvalue weighted by Crippen LogP contribution is -2.17. The van der Waals surface area contributed by atoms with Crippen LogP contribution in [0.15, 0.2) is 54.6 Å². The molecule has 3 rings (SSSR count). The Morgan fingerprint density at radius 3 is 2.24 bits per heavy atom. The fourth-order valence-electron chi connectivity index (χ4n) is 2.68. The van der Waals surface area contributed by atoms with Crippen molar-refractivity contribution in [1.29, 1.82) is 0 Å². The minimum Gasteiger partial charge on any atom is -0.306 e. The molecule has 1 N–H and O–H groups in total. The number of hydrogen-bond donors (Lipinski definition) is 1. The lowest BCUT2D eigenvalue weighted by Gasteiger charge is -2.14. The zero-order chi connectivity index (χ0) is 21.4. The number of para-hydroxylation sites is 1. The minimum atomic E-state index is -4.76. The van der Waals surface area contributed by atoms with Crippen LogP contribution in [0.25, 0.3) is 5.69 Å². The first-order valence-electron chi connectivity index (χ1n) is 8.80. The number of aromatic nitrogens is 2. The Morgan fingerprint density at radius 1 is 1.00 bits per heavy atom. The molecule has 0 aliphatic heterocycles. The molecule has 0 bridgehead atoms. The molecule has 0 fully saturated rings. The Labute approximate surface area is 165 Å². The second-order valence-corrected chi connectivity index (χ2v) is 7.59. The van der Waals surface area contributed by atoms with Crippen molar-refractivity contribution in [3.8, 4) is 5.69 Å². The molecule has 0 saturated heterocycles. The number of rotatable bonds is 3. The summed E-state index contributed by atoms with van der Waals surface area (Å²) in [5.41, 5.74) is -0.660. The van der Waals surface area contributed by atoms with Crippen LogP contribution in [0, 0.1) is 5.82 Å². The molecule has 0 saturated carbocycles. The summed E-state index contributed by atoms with van der Waals surface area (Å²) in [6.45, 7) is 5.83. The number of halogens is 4. The first kappa shape index (κ1) is 20.6. The van der Waals surface area contributed by atoms with Crippen LogP contribution >= 0.6 is 0 Å². The molecule has 0 atom stereocenters. The standard InChI is InChI=1S/C21H19F4N3O/c1-20(2,3)17-12-18(28(27-17)16-7-5-4-6-8-16)26-19(29)13-9-14(21(23,24)25)11-15(22)10-13/h4-12H,1-3H3,(H,26,29). The molecule has 152 valence electrons. The van der Waals surface area contributed by atoms with E-state index < -0.39 is 29.0 Å². The smallest absolute Gasteiger partial charge is 0.306 e. The van der Waals surface area contributed by atoms with Crippen LogP contribution in [0.5, 0.6) is 0 Å². The summed E-state index contributed by atoms with van der Waals surface area (Å²) < 4.78 is 54.0. The van der Waals surface area contributed by atoms with E-state index in [1.807, 2.05) is 26.8 Å². The minimum absolute atomic E-state index is 0.268. The molecule has 29 heavy (non-hydrogen) atoms. The molecule has 0 radical (unpaired) electrons. The van der Waals surface area contributed by atoms with E-state index in [1.54, 1.807) is 30.3 Å². The highest BCUT2D eigenvalue weighted by molar-refractivity contribution is 6.04. The van der Waals surface area contributed by atoms with Crippen molar-refractivity contribution in [2.24, 2.45) is 0 Å². The number of hydrogen-bond acceptors (Lipinski definition) is 2. The van der Waals surface area contributed by atoms with Gasteiger partial charge in [-0.2, -0.15) is 18.3 Å². The number of nitrogens with one attached hydrogen (secondary N) is 1. The van der Waals surface area contributed by atoms with Crippen LogP contribution in [0.3, 0.4) is 0 Å². The maximum absolute atomic E-state index is 13.7. The first-order valence-corrected chi connectivity index (χ1v) is 8.80. The summed E-state index contributed by atoms with van der Waals surface area (Å²) >= 11 is 0. The number of carbonyl (C=O) groups excluding carboxylic acids is 1. The van der Waals surface area contributed by atoms with Crippen molar-refractivity contribution >= 4 is 11.7 Å². The predicted octanol–water partition coefficient (Wildman–Crippen LogP) is 5.58. The average Bonchev–Trinajstić information content (AvgIpc) is 3.05. The molecular weight excluding hydrogens is 386 g/mol. The highest BCUT2D eigenvalue weighted by Gasteiger charge is 2.32. The van der Waals surface area contributed by atoms with Crippen molar-refractivity contribution < 1.29 is 22.4 Å². The van der Waals surface area contributed by atoms with E-state index in [1.165, 1.54) is 4.68 Å². The summed E-state index contributed by atoms with van der Waals surface area (Å²) in [6, 6.07) is 12.3. The van der Waals surface area contributed by atoms with Crippen molar-refractivity contribution in [3.63, 3.8) is 0 Å². The Balaban J connectivity index is 2.01. The van der Waals surface area contributed by atoms with E-state index in [0.717, 1.165) is 6.07 Å². The van der Waals surface area contributed by atoms with Crippen molar-refractivity contribution in [3.05, 3.63) is 77.2 Å². The second-order valence-electron chi connectivity index (χ2n) is 7.59. The van der Waals surface area contributed by atoms with Crippen LogP contribution in [0.1, 0.15) is 42.4 Å². The molecule has 2 aromatic carbocycles. The van der Waals surface area contributed by atoms with Gasteiger partial charge in [-0.05, 0) is 30.3 Å². The van der Waals surface area contributed by atoms with E-state index >= 15 is 0 Å². The van der Waals surface area contributed by atoms with Gasteiger partial charge in [0.2, 0.25) is 0 Å². The normalized spacial score (nSPS) is 12.1. The number of amides is 1. The van der Waals surface area contributed by atoms with Crippen molar-refractivity contribution in [2.75, 3.05) is 5.32 Å². The molecule has 1 amide bonds. The molecule has 0 spiro atoms. The Morgan fingerprint density at radius 2 is 1.66 bits per heavy atom. The average molecular weight is 405 g/mol. The largest absolute Gasteiger partial charge is 0.416 e. The monoisotopic (exact) mass is 405 g/mol. The van der Waals surface area contributed by atoms with Crippen molar-refractivity contribution in [1.82, 2.24) is 9.78 Å². The molecule has 1 aromatic heterocycles. The lowest BCUT2D eigenvalue weighted by atomic mass is 9.92. The van der Waals surface area contributed by atoms with Gasteiger partial charge in [-0.25, -0.2) is 9.07 Å². The van der Waals surface area contributed by atoms with E-state index in [0.29, 0.717) is 23.5 Å². The summed E-state index contributed by atoms with van der Waals surface area (Å²) in [5, 5.41) is 7.07. The van der Waals surface area contributed by atoms with Crippen LogP contribution in [-0.2, 0) is 11.6 Å². The lowest BCUT2D eigenvalue weighted by molar-refractivity contribution is -0.137. The number of nitrogens with zero attached hydrogens (tertiary/aromatic N) is 2. The fourth-order valence-corrected chi connectivity index (χ4v) is 2.68. The number of alkyl halides is 3. The Kier molecular flexibility index (Phi) is 5.21. The molecule has 3 aromatic rings. The van der Waals surface area contributed by atoms with Gasteiger partial charge >= 0.3 is 6.18 Å². The molecule has 0 aliphatic carbocycles. The predicted molar refractivity (Wildman–Crippen MR) is 102 cm³/mol. The highest BCUT2D eigenvalue weighted by Crippen LogP contribution is 2.31. The van der Waals surface area contributed by atoms with E-state index in [9.17, 15) is 22.4 Å². The summed E-state index contributed by atoms with van der Waals surface area (Å²) in [7, 11) is 0. The maximum atomic E-state index is 13.7. The van der Waals surface area contributed by atoms with Gasteiger partial charge in [0.1, 0.15) is 11.6 Å². The van der Waals surface area contributed by atoms with Gasteiger partial charge in [0.15, 0.2) is 0 Å². The topological polar surface area (TPSA) is 46.9 Å². The molecular formula is C21H19F4N3O. The van der Waals surface area contributed by atoms with Gasteiger partial charge in [-0.15, -0.1) is 0 Å². The molecule has 0 aliphatic rings. The fraction of sp³-hybridized carbons (Fsp3) is 0.238. The van der Waals surface area contributed by atoms with Crippen LogP contribution in [0.2, 0.25) is 0 Å². The summed E-state index contributed by atoms with van der Waals surface area (Å²) in [6.07, 6.45) is -4.76. The maximum Gasteiger partial charge on any atom is 0.416 e. The number of benzene rings is 2. The van der Waals surface area contributed by atoms with Gasteiger partial charge in [0, 0.05) is 17.0 Å². The zero-order valence-corrected chi connectivity index (χ0v) is 16.0. The summed E-state index contributed by atoms with van der Waals surface area (Å²) in [4.78, 5) is 12.6. The Hall–Kier alpha value is -3.16. The van der Waals surface area contributed by atoms with Crippen molar-refractivity contribution in [2.45, 2.75) is 32.4 Å². The van der Waals surface area contributed by atoms with Gasteiger partial charge in [-0.1, -0.05) is 39.0 Å². The molecule has 1 heterocycles. The Bertz CT molecular complexity index is 1030. The quantitative estimate of drug-likeness (QED) is 0.578. The van der Waals surface area contributed by atoms with E-state index in [4.69, 9.17) is 0 Å². The van der Waals surface area contributed by atoms with E-state index in [-0.39, 0.29) is 11.2 Å². The highest BCUT2D eigenvalue weighted by atomic mass is 19.4. The number of carbonyl (C=O) groups is 1. The molecule has 4 nitrogen and oxygen atoms in total. The van der Waals surface area contributed by atoms with Crippen LogP contribution in [0.4, 0.5) is 23.4 Å². The molecule has 0 unspecified atom stereocenters. The second kappa shape index (κ2) is 7.35. The van der Waals surface area contributed by atoms with Gasteiger partial charge in [-0.3, -0.25) is 4.79 Å².